The molecule has 29 heavy (non-hydrogen) atoms. The molecule has 1 aliphatic heterocycles. The van der Waals surface area contributed by atoms with E-state index in [0.717, 1.165) is 14.7 Å². The summed E-state index contributed by atoms with van der Waals surface area (Å²) in [6.45, 7) is 1.97. The number of amides is 1. The molecule has 1 aliphatic rings. The number of hydrogen-bond acceptors (Lipinski definition) is 3. The summed E-state index contributed by atoms with van der Waals surface area (Å²) in [7, 11) is 0. The minimum Gasteiger partial charge on any atom is -0.363 e. The lowest BCUT2D eigenvalue weighted by Crippen LogP contribution is -2.31. The number of carbonyl (C=O) groups is 1. The van der Waals surface area contributed by atoms with Crippen LogP contribution >= 0.6 is 22.6 Å². The molecule has 2 heterocycles. The lowest BCUT2D eigenvalue weighted by molar-refractivity contribution is 0.0657. The van der Waals surface area contributed by atoms with Crippen molar-refractivity contribution in [3.05, 3.63) is 75.0 Å². The molecule has 2 aromatic carbocycles. The molecule has 2 N–H and O–H groups in total. The van der Waals surface area contributed by atoms with E-state index in [0.29, 0.717) is 11.5 Å². The Hall–Kier alpha value is -2.49. The van der Waals surface area contributed by atoms with Crippen LogP contribution in [0.5, 0.6) is 0 Å². The molecule has 0 bridgehead atoms. The number of aryl methyl sites for hydroxylation is 1. The molecular weight excluding hydrogens is 489 g/mol. The molecular formula is C21H19F2IN4O. The lowest BCUT2D eigenvalue weighted by atomic mass is 9.96. The number of benzene rings is 2. The third kappa shape index (κ3) is 4.12. The van der Waals surface area contributed by atoms with Crippen molar-refractivity contribution in [3.8, 4) is 0 Å². The Morgan fingerprint density at radius 3 is 2.72 bits per heavy atom. The second-order valence-electron chi connectivity index (χ2n) is 7.06. The van der Waals surface area contributed by atoms with E-state index in [2.05, 4.69) is 38.3 Å². The van der Waals surface area contributed by atoms with Gasteiger partial charge in [0.25, 0.3) is 12.3 Å². The molecule has 0 radical (unpaired) electrons. The van der Waals surface area contributed by atoms with E-state index in [1.807, 2.05) is 49.4 Å². The molecule has 3 aromatic rings. The van der Waals surface area contributed by atoms with Crippen molar-refractivity contribution in [3.63, 3.8) is 0 Å². The fourth-order valence-electron chi connectivity index (χ4n) is 3.48. The number of halogens is 3. The summed E-state index contributed by atoms with van der Waals surface area (Å²) in [6, 6.07) is 13.7. The molecule has 8 heteroatoms. The first-order valence-corrected chi connectivity index (χ1v) is 10.3. The molecule has 1 amide bonds. The van der Waals surface area contributed by atoms with E-state index < -0.39 is 18.4 Å². The fourth-order valence-corrected chi connectivity index (χ4v) is 4.02. The number of nitrogens with one attached hydrogen (secondary N) is 2. The summed E-state index contributed by atoms with van der Waals surface area (Å²) in [4.78, 5) is 12.8. The Morgan fingerprint density at radius 2 is 2.03 bits per heavy atom. The minimum atomic E-state index is -2.59. The van der Waals surface area contributed by atoms with Gasteiger partial charge in [-0.25, -0.2) is 13.5 Å². The van der Waals surface area contributed by atoms with E-state index in [9.17, 15) is 13.6 Å². The Balaban J connectivity index is 1.66. The van der Waals surface area contributed by atoms with Gasteiger partial charge in [-0.1, -0.05) is 35.9 Å². The van der Waals surface area contributed by atoms with Crippen molar-refractivity contribution in [2.45, 2.75) is 31.9 Å². The van der Waals surface area contributed by atoms with Crippen LogP contribution in [0.3, 0.4) is 0 Å². The largest absolute Gasteiger partial charge is 0.363 e. The first-order valence-electron chi connectivity index (χ1n) is 9.18. The average molecular weight is 508 g/mol. The van der Waals surface area contributed by atoms with Crippen LogP contribution in [-0.4, -0.2) is 22.1 Å². The molecule has 4 rings (SSSR count). The van der Waals surface area contributed by atoms with Crippen LogP contribution in [0.1, 0.15) is 40.0 Å². The van der Waals surface area contributed by atoms with Crippen LogP contribution in [0.2, 0.25) is 0 Å². The summed E-state index contributed by atoms with van der Waals surface area (Å²) in [5, 5.41) is 10.2. The zero-order valence-corrected chi connectivity index (χ0v) is 17.7. The highest BCUT2D eigenvalue weighted by atomic mass is 127. The summed E-state index contributed by atoms with van der Waals surface area (Å²) < 4.78 is 29.7. The first-order chi connectivity index (χ1) is 13.9. The second-order valence-corrected chi connectivity index (χ2v) is 8.31. The SMILES string of the molecule is Cc1ccc([C@@H]2C[C@@H](C(F)F)n3ncc(C(=O)Nc4cccc(I)c4)c3N2)cc1. The number of anilines is 2. The molecule has 1 aromatic heterocycles. The maximum atomic E-state index is 13.8. The number of nitrogens with zero attached hydrogens (tertiary/aromatic N) is 2. The Labute approximate surface area is 180 Å². The number of carbonyl (C=O) groups excluding carboxylic acids is 1. The molecule has 0 fully saturated rings. The van der Waals surface area contributed by atoms with Gasteiger partial charge >= 0.3 is 0 Å². The number of aromatic nitrogens is 2. The topological polar surface area (TPSA) is 59.0 Å². The van der Waals surface area contributed by atoms with Gasteiger partial charge in [-0.15, -0.1) is 0 Å². The maximum Gasteiger partial charge on any atom is 0.261 e. The molecule has 2 atom stereocenters. The highest BCUT2D eigenvalue weighted by Gasteiger charge is 2.36. The predicted molar refractivity (Wildman–Crippen MR) is 117 cm³/mol. The quantitative estimate of drug-likeness (QED) is 0.464. The fraction of sp³-hybridized carbons (Fsp3) is 0.238. The van der Waals surface area contributed by atoms with Gasteiger partial charge in [0.15, 0.2) is 0 Å². The van der Waals surface area contributed by atoms with Gasteiger partial charge in [0.2, 0.25) is 0 Å². The maximum absolute atomic E-state index is 13.8. The average Bonchev–Trinajstić information content (AvgIpc) is 3.12. The van der Waals surface area contributed by atoms with E-state index in [1.54, 1.807) is 6.07 Å². The summed E-state index contributed by atoms with van der Waals surface area (Å²) in [6.07, 6.45) is -1.05. The van der Waals surface area contributed by atoms with Crippen LogP contribution in [0.4, 0.5) is 20.3 Å². The molecule has 5 nitrogen and oxygen atoms in total. The Bertz CT molecular complexity index is 1040. The number of rotatable bonds is 4. The first kappa shape index (κ1) is 19.8. The van der Waals surface area contributed by atoms with Gasteiger partial charge in [-0.3, -0.25) is 4.79 Å². The van der Waals surface area contributed by atoms with E-state index in [1.165, 1.54) is 10.9 Å². The highest BCUT2D eigenvalue weighted by molar-refractivity contribution is 14.1. The van der Waals surface area contributed by atoms with E-state index >= 15 is 0 Å². The van der Waals surface area contributed by atoms with Gasteiger partial charge in [0.05, 0.1) is 12.2 Å². The molecule has 0 saturated carbocycles. The monoisotopic (exact) mass is 508 g/mol. The van der Waals surface area contributed by atoms with E-state index in [4.69, 9.17) is 0 Å². The number of fused-ring (bicyclic) bond motifs is 1. The molecule has 0 saturated heterocycles. The summed E-state index contributed by atoms with van der Waals surface area (Å²) >= 11 is 2.16. The van der Waals surface area contributed by atoms with Crippen LogP contribution in [0.15, 0.2) is 54.7 Å². The standard InChI is InChI=1S/C21H19F2IN4O/c1-12-5-7-13(8-6-12)17-10-18(19(22)23)28-20(27-17)16(11-25-28)21(29)26-15-4-2-3-14(24)9-15/h2-9,11,17-19,27H,10H2,1H3,(H,26,29)/t17-,18-/m0/s1. The summed E-state index contributed by atoms with van der Waals surface area (Å²) in [5.74, 6) is -0.0754. The van der Waals surface area contributed by atoms with Gasteiger partial charge in [0, 0.05) is 9.26 Å². The van der Waals surface area contributed by atoms with Gasteiger partial charge in [-0.05, 0) is 59.7 Å². The number of hydrogen-bond donors (Lipinski definition) is 2. The van der Waals surface area contributed by atoms with Crippen molar-refractivity contribution in [2.75, 3.05) is 10.6 Å². The van der Waals surface area contributed by atoms with Crippen molar-refractivity contribution in [1.29, 1.82) is 0 Å². The zero-order chi connectivity index (χ0) is 20.5. The van der Waals surface area contributed by atoms with Crippen LogP contribution < -0.4 is 10.6 Å². The Morgan fingerprint density at radius 1 is 1.28 bits per heavy atom. The molecule has 0 spiro atoms. The van der Waals surface area contributed by atoms with Crippen molar-refractivity contribution < 1.29 is 13.6 Å². The normalized spacial score (nSPS) is 18.2. The second kappa shape index (κ2) is 8.10. The van der Waals surface area contributed by atoms with Crippen molar-refractivity contribution in [2.24, 2.45) is 0 Å². The number of alkyl halides is 2. The highest BCUT2D eigenvalue weighted by Crippen LogP contribution is 2.39. The lowest BCUT2D eigenvalue weighted by Gasteiger charge is -2.32. The molecule has 0 aliphatic carbocycles. The smallest absolute Gasteiger partial charge is 0.261 e. The van der Waals surface area contributed by atoms with E-state index in [-0.39, 0.29) is 18.0 Å². The van der Waals surface area contributed by atoms with Crippen LogP contribution in [0.25, 0.3) is 0 Å². The van der Waals surface area contributed by atoms with Gasteiger partial charge in [-0.2, -0.15) is 5.10 Å². The molecule has 150 valence electrons. The summed E-state index contributed by atoms with van der Waals surface area (Å²) in [5.41, 5.74) is 2.87. The molecule has 0 unspecified atom stereocenters. The third-order valence-corrected chi connectivity index (χ3v) is 5.67. The zero-order valence-electron chi connectivity index (χ0n) is 15.6. The van der Waals surface area contributed by atoms with Crippen LogP contribution in [0, 0.1) is 10.5 Å². The predicted octanol–water partition coefficient (Wildman–Crippen LogP) is 5.41. The Kier molecular flexibility index (Phi) is 5.53. The van der Waals surface area contributed by atoms with Crippen molar-refractivity contribution in [1.82, 2.24) is 9.78 Å². The van der Waals surface area contributed by atoms with Gasteiger partial charge in [0.1, 0.15) is 17.4 Å². The van der Waals surface area contributed by atoms with Crippen LogP contribution in [-0.2, 0) is 0 Å². The van der Waals surface area contributed by atoms with Crippen molar-refractivity contribution >= 4 is 40.0 Å². The third-order valence-electron chi connectivity index (χ3n) is 5.00. The van der Waals surface area contributed by atoms with Gasteiger partial charge < -0.3 is 10.6 Å². The minimum absolute atomic E-state index is 0.188.